The molecule has 3 rings (SSSR count). The fourth-order valence-corrected chi connectivity index (χ4v) is 2.89. The highest BCUT2D eigenvalue weighted by atomic mass is 15.5. The summed E-state index contributed by atoms with van der Waals surface area (Å²) in [6.07, 6.45) is 10.5. The van der Waals surface area contributed by atoms with E-state index < -0.39 is 0 Å². The van der Waals surface area contributed by atoms with Crippen LogP contribution >= 0.6 is 0 Å². The first-order valence-electron chi connectivity index (χ1n) is 9.03. The summed E-state index contributed by atoms with van der Waals surface area (Å²) in [6, 6.07) is 12.3. The van der Waals surface area contributed by atoms with Crippen LogP contribution in [0.4, 0.5) is 5.69 Å². The molecular weight excluding hydrogens is 334 g/mol. The fraction of sp³-hybridized carbons (Fsp3) is 0.182. The number of nitrogens with zero attached hydrogens (tertiary/aromatic N) is 3. The Hall–Kier alpha value is -3.34. The number of benzene rings is 1. The lowest BCUT2D eigenvalue weighted by Gasteiger charge is -2.32. The van der Waals surface area contributed by atoms with E-state index in [4.69, 9.17) is 0 Å². The van der Waals surface area contributed by atoms with Gasteiger partial charge in [-0.05, 0) is 49.3 Å². The third kappa shape index (κ3) is 4.64. The van der Waals surface area contributed by atoms with Crippen molar-refractivity contribution in [2.45, 2.75) is 13.3 Å². The third-order valence-electron chi connectivity index (χ3n) is 4.31. The lowest BCUT2D eigenvalue weighted by Crippen LogP contribution is -2.41. The highest BCUT2D eigenvalue weighted by molar-refractivity contribution is 5.95. The summed E-state index contributed by atoms with van der Waals surface area (Å²) >= 11 is 0. The second kappa shape index (κ2) is 8.85. The molecule has 1 aliphatic rings. The van der Waals surface area contributed by atoms with Crippen molar-refractivity contribution in [1.82, 2.24) is 15.4 Å². The minimum absolute atomic E-state index is 0.694. The number of hydrogen-bond acceptors (Lipinski definition) is 4. The highest BCUT2D eigenvalue weighted by Gasteiger charge is 2.17. The summed E-state index contributed by atoms with van der Waals surface area (Å²) < 4.78 is 0. The number of aliphatic imine (C=N–C) groups is 1. The van der Waals surface area contributed by atoms with E-state index in [1.165, 1.54) is 5.56 Å². The van der Waals surface area contributed by atoms with Crippen molar-refractivity contribution in [3.05, 3.63) is 90.4 Å². The molecule has 1 aromatic heterocycles. The van der Waals surface area contributed by atoms with Gasteiger partial charge in [-0.2, -0.15) is 0 Å². The molecule has 0 saturated carbocycles. The second-order valence-corrected chi connectivity index (χ2v) is 6.15. The van der Waals surface area contributed by atoms with Crippen molar-refractivity contribution in [2.75, 3.05) is 18.9 Å². The van der Waals surface area contributed by atoms with Gasteiger partial charge < -0.3 is 5.32 Å². The summed E-state index contributed by atoms with van der Waals surface area (Å²) in [5.41, 5.74) is 8.61. The summed E-state index contributed by atoms with van der Waals surface area (Å²) in [6.45, 7) is 6.87. The molecule has 0 aliphatic carbocycles. The molecule has 2 heterocycles. The van der Waals surface area contributed by atoms with Gasteiger partial charge >= 0.3 is 0 Å². The number of aromatic nitrogens is 1. The highest BCUT2D eigenvalue weighted by Crippen LogP contribution is 2.25. The lowest BCUT2D eigenvalue weighted by atomic mass is 10.1. The zero-order valence-corrected chi connectivity index (χ0v) is 15.8. The van der Waals surface area contributed by atoms with Gasteiger partial charge in [-0.25, -0.2) is 0 Å². The van der Waals surface area contributed by atoms with Gasteiger partial charge in [0.15, 0.2) is 0 Å². The molecule has 1 aliphatic heterocycles. The Labute approximate surface area is 160 Å². The Morgan fingerprint density at radius 2 is 2.19 bits per heavy atom. The van der Waals surface area contributed by atoms with E-state index >= 15 is 0 Å². The van der Waals surface area contributed by atoms with Gasteiger partial charge in [0.2, 0.25) is 0 Å². The standard InChI is InChI=1S/C22H25N5/c1-4-21(19-8-5-9-20(15-19)23-3)27-17(2)10-11-22(26-27)25-14-12-18-7-6-13-24-16-18/h4-11,13,15-16,23H,2,12,14H2,1,3H3,(H,25,26)/b21-4-. The molecule has 1 aromatic carbocycles. The molecule has 0 atom stereocenters. The number of rotatable bonds is 6. The first kappa shape index (κ1) is 18.5. The molecule has 2 N–H and O–H groups in total. The van der Waals surface area contributed by atoms with Crippen molar-refractivity contribution in [2.24, 2.45) is 4.99 Å². The molecule has 5 heteroatoms. The van der Waals surface area contributed by atoms with Gasteiger partial charge in [0.25, 0.3) is 0 Å². The van der Waals surface area contributed by atoms with Gasteiger partial charge in [0, 0.05) is 37.2 Å². The zero-order valence-electron chi connectivity index (χ0n) is 15.8. The number of hydrazine groups is 1. The molecule has 5 nitrogen and oxygen atoms in total. The number of allylic oxidation sites excluding steroid dienone is 2. The van der Waals surface area contributed by atoms with Crippen LogP contribution in [-0.4, -0.2) is 29.4 Å². The smallest absolute Gasteiger partial charge is 0.140 e. The molecule has 27 heavy (non-hydrogen) atoms. The van der Waals surface area contributed by atoms with E-state index in [-0.39, 0.29) is 0 Å². The van der Waals surface area contributed by atoms with Crippen molar-refractivity contribution in [3.63, 3.8) is 0 Å². The van der Waals surface area contributed by atoms with E-state index in [1.54, 1.807) is 6.20 Å². The van der Waals surface area contributed by atoms with Crippen molar-refractivity contribution >= 4 is 17.2 Å². The average Bonchev–Trinajstić information content (AvgIpc) is 2.71. The minimum Gasteiger partial charge on any atom is -0.388 e. The van der Waals surface area contributed by atoms with E-state index in [9.17, 15) is 0 Å². The Kier molecular flexibility index (Phi) is 6.05. The largest absolute Gasteiger partial charge is 0.388 e. The summed E-state index contributed by atoms with van der Waals surface area (Å²) in [4.78, 5) is 8.82. The van der Waals surface area contributed by atoms with Gasteiger partial charge in [0.1, 0.15) is 5.84 Å². The Balaban J connectivity index is 1.74. The number of anilines is 1. The quantitative estimate of drug-likeness (QED) is 0.818. The Bertz CT molecular complexity index is 881. The van der Waals surface area contributed by atoms with E-state index in [0.717, 1.165) is 34.9 Å². The maximum absolute atomic E-state index is 4.68. The van der Waals surface area contributed by atoms with E-state index in [2.05, 4.69) is 51.6 Å². The molecule has 0 radical (unpaired) electrons. The van der Waals surface area contributed by atoms with E-state index in [0.29, 0.717) is 6.54 Å². The first-order chi connectivity index (χ1) is 13.2. The van der Waals surface area contributed by atoms with Crippen LogP contribution < -0.4 is 10.7 Å². The van der Waals surface area contributed by atoms with Crippen molar-refractivity contribution in [3.8, 4) is 0 Å². The molecule has 0 bridgehead atoms. The number of pyridine rings is 1. The summed E-state index contributed by atoms with van der Waals surface area (Å²) in [7, 11) is 1.92. The molecule has 0 amide bonds. The monoisotopic (exact) mass is 359 g/mol. The molecule has 0 fully saturated rings. The molecule has 0 spiro atoms. The van der Waals surface area contributed by atoms with Crippen LogP contribution in [0.2, 0.25) is 0 Å². The van der Waals surface area contributed by atoms with Crippen LogP contribution in [0.5, 0.6) is 0 Å². The first-order valence-corrected chi connectivity index (χ1v) is 9.03. The summed E-state index contributed by atoms with van der Waals surface area (Å²) in [5, 5.41) is 5.15. The Morgan fingerprint density at radius 3 is 2.93 bits per heavy atom. The zero-order chi connectivity index (χ0) is 19.1. The van der Waals surface area contributed by atoms with Crippen LogP contribution in [0, 0.1) is 0 Å². The normalized spacial score (nSPS) is 15.8. The molecular formula is C22H25N5. The SMILES string of the molecule is C=C1C=CC(=NCCc2cccnc2)NN1/C(=C\C)c1cccc(NC)c1. The fourth-order valence-electron chi connectivity index (χ4n) is 2.89. The average molecular weight is 359 g/mol. The number of hydrogen-bond donors (Lipinski definition) is 2. The van der Waals surface area contributed by atoms with Gasteiger partial charge in [-0.15, -0.1) is 0 Å². The van der Waals surface area contributed by atoms with E-state index in [1.807, 2.05) is 55.5 Å². The lowest BCUT2D eigenvalue weighted by molar-refractivity contribution is 0.449. The predicted octanol–water partition coefficient (Wildman–Crippen LogP) is 4.02. The van der Waals surface area contributed by atoms with Crippen molar-refractivity contribution < 1.29 is 0 Å². The second-order valence-electron chi connectivity index (χ2n) is 6.15. The van der Waals surface area contributed by atoms with Crippen LogP contribution in [0.1, 0.15) is 18.1 Å². The topological polar surface area (TPSA) is 52.6 Å². The van der Waals surface area contributed by atoms with Crippen LogP contribution in [0.15, 0.2) is 84.3 Å². The predicted molar refractivity (Wildman–Crippen MR) is 113 cm³/mol. The molecule has 0 unspecified atom stereocenters. The van der Waals surface area contributed by atoms with Crippen LogP contribution in [0.3, 0.4) is 0 Å². The molecule has 2 aromatic rings. The maximum Gasteiger partial charge on any atom is 0.140 e. The number of nitrogens with one attached hydrogen (secondary N) is 2. The van der Waals surface area contributed by atoms with Gasteiger partial charge in [-0.3, -0.25) is 20.4 Å². The minimum atomic E-state index is 0.694. The molecule has 138 valence electrons. The van der Waals surface area contributed by atoms with Crippen molar-refractivity contribution in [1.29, 1.82) is 0 Å². The number of amidine groups is 1. The van der Waals surface area contributed by atoms with Crippen LogP contribution in [0.25, 0.3) is 5.70 Å². The maximum atomic E-state index is 4.68. The Morgan fingerprint density at radius 1 is 1.30 bits per heavy atom. The third-order valence-corrected chi connectivity index (χ3v) is 4.31. The summed E-state index contributed by atoms with van der Waals surface area (Å²) in [5.74, 6) is 0.815. The van der Waals surface area contributed by atoms with Crippen LogP contribution in [-0.2, 0) is 6.42 Å². The van der Waals surface area contributed by atoms with Gasteiger partial charge in [-0.1, -0.05) is 30.9 Å². The van der Waals surface area contributed by atoms with Gasteiger partial charge in [0.05, 0.1) is 11.4 Å². The molecule has 0 saturated heterocycles.